The van der Waals surface area contributed by atoms with Crippen LogP contribution in [0.4, 0.5) is 0 Å². The number of benzene rings is 1. The monoisotopic (exact) mass is 614 g/mol. The van der Waals surface area contributed by atoms with Crippen LogP contribution < -0.4 is 9.47 Å². The first-order chi connectivity index (χ1) is 20.2. The Balaban J connectivity index is 1.51. The second kappa shape index (κ2) is 13.8. The molecule has 0 bridgehead atoms. The average molecular weight is 615 g/mol. The third-order valence-corrected chi connectivity index (χ3v) is 9.24. The molecule has 2 fully saturated rings. The van der Waals surface area contributed by atoms with Crippen molar-refractivity contribution in [1.29, 1.82) is 0 Å². The van der Waals surface area contributed by atoms with Crippen molar-refractivity contribution >= 4 is 0 Å². The molecule has 0 amide bonds. The molecule has 2 saturated heterocycles. The van der Waals surface area contributed by atoms with Gasteiger partial charge in [-0.05, 0) is 76.0 Å². The lowest BCUT2D eigenvalue weighted by molar-refractivity contribution is -0.352. The Morgan fingerprint density at radius 1 is 0.814 bits per heavy atom. The zero-order chi connectivity index (χ0) is 31.8. The van der Waals surface area contributed by atoms with Gasteiger partial charge in [0.25, 0.3) is 0 Å². The maximum absolute atomic E-state index is 11.0. The van der Waals surface area contributed by atoms with Gasteiger partial charge in [0.1, 0.15) is 65.9 Å². The highest BCUT2D eigenvalue weighted by molar-refractivity contribution is 5.59. The van der Waals surface area contributed by atoms with Gasteiger partial charge in [0.05, 0.1) is 13.2 Å². The van der Waals surface area contributed by atoms with E-state index in [9.17, 15) is 35.7 Å². The molecule has 3 heterocycles. The molecule has 1 aromatic rings. The summed E-state index contributed by atoms with van der Waals surface area (Å²) in [6.07, 6.45) is -10.3. The van der Waals surface area contributed by atoms with Gasteiger partial charge in [-0.1, -0.05) is 20.3 Å². The van der Waals surface area contributed by atoms with Crippen molar-refractivity contribution in [3.8, 4) is 11.5 Å². The van der Waals surface area contributed by atoms with E-state index >= 15 is 0 Å². The van der Waals surface area contributed by atoms with E-state index in [1.807, 2.05) is 20.8 Å². The number of aliphatic hydroxyl groups is 7. The predicted molar refractivity (Wildman–Crippen MR) is 154 cm³/mol. The van der Waals surface area contributed by atoms with Gasteiger partial charge in [0.2, 0.25) is 6.29 Å². The van der Waals surface area contributed by atoms with E-state index in [-0.39, 0.29) is 5.60 Å². The van der Waals surface area contributed by atoms with Crippen molar-refractivity contribution in [2.75, 3.05) is 13.2 Å². The Morgan fingerprint density at radius 3 is 2.07 bits per heavy atom. The van der Waals surface area contributed by atoms with Gasteiger partial charge in [0, 0.05) is 5.56 Å². The summed E-state index contributed by atoms with van der Waals surface area (Å²) in [7, 11) is 0. The van der Waals surface area contributed by atoms with Crippen molar-refractivity contribution in [3.63, 3.8) is 0 Å². The molecule has 1 aromatic carbocycles. The molecule has 0 aliphatic carbocycles. The number of fused-ring (bicyclic) bond motifs is 1. The maximum atomic E-state index is 11.0. The Hall–Kier alpha value is -1.58. The Labute approximate surface area is 253 Å². The Bertz CT molecular complexity index is 1090. The van der Waals surface area contributed by atoms with E-state index in [0.717, 1.165) is 60.1 Å². The number of hydrogen-bond acceptors (Lipinski definition) is 12. The van der Waals surface area contributed by atoms with E-state index in [0.29, 0.717) is 11.7 Å². The molecular formula is C31H50O12. The Kier molecular flexibility index (Phi) is 11.0. The first-order valence-electron chi connectivity index (χ1n) is 15.3. The summed E-state index contributed by atoms with van der Waals surface area (Å²) in [5.74, 6) is 1.98. The summed E-state index contributed by atoms with van der Waals surface area (Å²) < 4.78 is 29.7. The summed E-state index contributed by atoms with van der Waals surface area (Å²) in [6, 6.07) is 0. The number of hydrogen-bond donors (Lipinski definition) is 7. The Morgan fingerprint density at radius 2 is 1.44 bits per heavy atom. The number of ether oxygens (including phenoxy) is 5. The molecule has 0 radical (unpaired) electrons. The van der Waals surface area contributed by atoms with Crippen molar-refractivity contribution in [1.82, 2.24) is 0 Å². The lowest BCUT2D eigenvalue weighted by atomic mass is 9.84. The highest BCUT2D eigenvalue weighted by atomic mass is 16.7. The lowest BCUT2D eigenvalue weighted by Gasteiger charge is -2.46. The zero-order valence-electron chi connectivity index (χ0n) is 26.0. The molecule has 43 heavy (non-hydrogen) atoms. The summed E-state index contributed by atoms with van der Waals surface area (Å²) in [5.41, 5.74) is 3.32. The molecule has 3 aliphatic rings. The summed E-state index contributed by atoms with van der Waals surface area (Å²) in [5, 5.41) is 72.1. The molecule has 0 saturated carbocycles. The van der Waals surface area contributed by atoms with Crippen molar-refractivity contribution in [2.45, 2.75) is 141 Å². The van der Waals surface area contributed by atoms with Gasteiger partial charge >= 0.3 is 0 Å². The highest BCUT2D eigenvalue weighted by Gasteiger charge is 2.51. The van der Waals surface area contributed by atoms with Crippen LogP contribution in [0.1, 0.15) is 68.7 Å². The first-order valence-corrected chi connectivity index (χ1v) is 15.3. The maximum Gasteiger partial charge on any atom is 0.229 e. The fraction of sp³-hybridized carbons (Fsp3) is 0.806. The quantitative estimate of drug-likeness (QED) is 0.194. The molecule has 0 spiro atoms. The van der Waals surface area contributed by atoms with Crippen LogP contribution in [0.15, 0.2) is 0 Å². The lowest BCUT2D eigenvalue weighted by Crippen LogP contribution is -2.65. The van der Waals surface area contributed by atoms with Crippen LogP contribution in [-0.4, -0.2) is 116 Å². The first kappa shape index (κ1) is 34.3. The third-order valence-electron chi connectivity index (χ3n) is 9.24. The highest BCUT2D eigenvalue weighted by Crippen LogP contribution is 2.45. The van der Waals surface area contributed by atoms with E-state index in [4.69, 9.17) is 23.7 Å². The van der Waals surface area contributed by atoms with Gasteiger partial charge in [-0.15, -0.1) is 0 Å². The van der Waals surface area contributed by atoms with Gasteiger partial charge < -0.3 is 59.4 Å². The normalized spacial score (nSPS) is 38.1. The minimum atomic E-state index is -1.74. The zero-order valence-corrected chi connectivity index (χ0v) is 26.0. The topological polar surface area (TPSA) is 188 Å². The predicted octanol–water partition coefficient (Wildman–Crippen LogP) is 0.525. The van der Waals surface area contributed by atoms with Crippen LogP contribution in [0.2, 0.25) is 0 Å². The van der Waals surface area contributed by atoms with Gasteiger partial charge in [-0.25, -0.2) is 0 Å². The third kappa shape index (κ3) is 6.99. The number of rotatable bonds is 10. The molecule has 12 nitrogen and oxygen atoms in total. The van der Waals surface area contributed by atoms with Crippen LogP contribution in [0.3, 0.4) is 0 Å². The minimum absolute atomic E-state index is 0.259. The van der Waals surface area contributed by atoms with Crippen LogP contribution >= 0.6 is 0 Å². The molecular weight excluding hydrogens is 564 g/mol. The van der Waals surface area contributed by atoms with Gasteiger partial charge in [-0.3, -0.25) is 0 Å². The summed E-state index contributed by atoms with van der Waals surface area (Å²) in [4.78, 5) is 0. The van der Waals surface area contributed by atoms with Crippen LogP contribution in [0.5, 0.6) is 11.5 Å². The molecule has 3 aliphatic heterocycles. The van der Waals surface area contributed by atoms with Crippen LogP contribution in [0.25, 0.3) is 0 Å². The van der Waals surface area contributed by atoms with E-state index in [1.54, 1.807) is 0 Å². The van der Waals surface area contributed by atoms with Crippen molar-refractivity contribution in [2.24, 2.45) is 5.92 Å². The van der Waals surface area contributed by atoms with E-state index < -0.39 is 74.6 Å². The molecule has 11 atom stereocenters. The van der Waals surface area contributed by atoms with Crippen LogP contribution in [0, 0.1) is 26.7 Å². The fourth-order valence-corrected chi connectivity index (χ4v) is 6.29. The molecule has 4 rings (SSSR count). The van der Waals surface area contributed by atoms with Gasteiger partial charge in [-0.2, -0.15) is 0 Å². The molecule has 0 unspecified atom stereocenters. The fourth-order valence-electron chi connectivity index (χ4n) is 6.29. The molecule has 7 N–H and O–H groups in total. The largest absolute Gasteiger partial charge is 0.487 e. The molecule has 12 heteroatoms. The number of aliphatic hydroxyl groups excluding tert-OH is 7. The standard InChI is InChI=1S/C31H50O12/c1-14(2)8-7-10-31(6)11-9-18-17(5)26(15(3)16(4)27(18)43-31)41-30-25(38)23(36)28(20(13-33)40-30)42-29-24(37)22(35)21(34)19(12-32)39-29/h14,19-25,28-30,32-38H,7-13H2,1-6H3/t19-,20-,21-,22+,23-,24-,25-,28-,29-,30+,31-/m1/s1. The minimum Gasteiger partial charge on any atom is -0.487 e. The van der Waals surface area contributed by atoms with Crippen molar-refractivity contribution in [3.05, 3.63) is 22.3 Å². The smallest absolute Gasteiger partial charge is 0.229 e. The van der Waals surface area contributed by atoms with Crippen molar-refractivity contribution < 1.29 is 59.4 Å². The molecule has 0 aromatic heterocycles. The SMILES string of the molecule is Cc1c(C)c2c(c(C)c1O[C@@H]1O[C@H](CO)[C@@H](O[C@H]3O[C@H](CO)[C@@H](O)[C@H](O)[C@H]3O)[C@H](O)[C@H]1O)CC[C@@](C)(CCCC(C)C)O2. The second-order valence-electron chi connectivity index (χ2n) is 13.0. The van der Waals surface area contributed by atoms with Gasteiger partial charge in [0.15, 0.2) is 6.29 Å². The average Bonchev–Trinajstić information content (AvgIpc) is 2.97. The van der Waals surface area contributed by atoms with Crippen LogP contribution in [-0.2, 0) is 20.6 Å². The summed E-state index contributed by atoms with van der Waals surface area (Å²) >= 11 is 0. The second-order valence-corrected chi connectivity index (χ2v) is 13.0. The van der Waals surface area contributed by atoms with E-state index in [2.05, 4.69) is 20.8 Å². The van der Waals surface area contributed by atoms with E-state index in [1.165, 1.54) is 0 Å². The molecule has 246 valence electrons. The summed E-state index contributed by atoms with van der Waals surface area (Å²) in [6.45, 7) is 11.1.